The van der Waals surface area contributed by atoms with Gasteiger partial charge in [-0.15, -0.1) is 11.3 Å². The maximum Gasteiger partial charge on any atom is 0.269 e. The molecule has 0 aromatic carbocycles. The normalized spacial score (nSPS) is 14.9. The molecule has 1 fully saturated rings. The van der Waals surface area contributed by atoms with Crippen molar-refractivity contribution < 1.29 is 19.0 Å². The molecule has 1 N–H and O–H groups in total. The molecule has 4 heterocycles. The zero-order valence-electron chi connectivity index (χ0n) is 16.9. The molecule has 0 unspecified atom stereocenters. The van der Waals surface area contributed by atoms with E-state index in [1.807, 2.05) is 42.1 Å². The van der Waals surface area contributed by atoms with Crippen LogP contribution in [0.15, 0.2) is 23.8 Å². The van der Waals surface area contributed by atoms with Crippen LogP contribution in [-0.2, 0) is 4.74 Å². The molecule has 0 bridgehead atoms. The lowest BCUT2D eigenvalue weighted by atomic mass is 9.97. The van der Waals surface area contributed by atoms with E-state index in [2.05, 4.69) is 5.32 Å². The van der Waals surface area contributed by atoms with Crippen LogP contribution in [0.3, 0.4) is 0 Å². The van der Waals surface area contributed by atoms with Gasteiger partial charge in [0, 0.05) is 43.2 Å². The van der Waals surface area contributed by atoms with Crippen LogP contribution in [0.25, 0.3) is 5.65 Å². The summed E-state index contributed by atoms with van der Waals surface area (Å²) in [5.41, 5.74) is 3.40. The Morgan fingerprint density at radius 3 is 2.90 bits per heavy atom. The van der Waals surface area contributed by atoms with Gasteiger partial charge in [0.15, 0.2) is 0 Å². The summed E-state index contributed by atoms with van der Waals surface area (Å²) >= 11 is 1.36. The molecule has 0 aliphatic carbocycles. The third-order valence-corrected chi connectivity index (χ3v) is 6.17. The summed E-state index contributed by atoms with van der Waals surface area (Å²) in [5, 5.41) is 4.89. The molecule has 0 spiro atoms. The number of amides is 1. The number of rotatable bonds is 6. The molecule has 0 saturated carbocycles. The standard InChI is InChI=1S/C21H25N3O4S/c1-4-28-17-9-18-22-15(14-5-7-27-8-6-14)10-24(18)11-16(17)23-21(25)20-19(26-3)13(2)12-29-20/h9-12,14H,4-8H2,1-3H3,(H,23,25). The quantitative estimate of drug-likeness (QED) is 0.651. The van der Waals surface area contributed by atoms with Crippen molar-refractivity contribution in [1.29, 1.82) is 0 Å². The molecule has 29 heavy (non-hydrogen) atoms. The van der Waals surface area contributed by atoms with Gasteiger partial charge in [0.1, 0.15) is 27.7 Å². The van der Waals surface area contributed by atoms with Gasteiger partial charge >= 0.3 is 0 Å². The summed E-state index contributed by atoms with van der Waals surface area (Å²) in [4.78, 5) is 18.2. The predicted octanol–water partition coefficient (Wildman–Crippen LogP) is 4.26. The summed E-state index contributed by atoms with van der Waals surface area (Å²) in [6.07, 6.45) is 5.85. The number of nitrogens with zero attached hydrogens (tertiary/aromatic N) is 2. The Balaban J connectivity index is 1.66. The molecule has 0 radical (unpaired) electrons. The largest absolute Gasteiger partial charge is 0.495 e. The Bertz CT molecular complexity index is 1020. The van der Waals surface area contributed by atoms with Crippen molar-refractivity contribution in [2.45, 2.75) is 32.6 Å². The Kier molecular flexibility index (Phi) is 5.73. The summed E-state index contributed by atoms with van der Waals surface area (Å²) in [6, 6.07) is 1.87. The summed E-state index contributed by atoms with van der Waals surface area (Å²) in [5.74, 6) is 1.39. The van der Waals surface area contributed by atoms with E-state index in [-0.39, 0.29) is 5.91 Å². The number of carbonyl (C=O) groups excluding carboxylic acids is 1. The van der Waals surface area contributed by atoms with Gasteiger partial charge in [-0.2, -0.15) is 0 Å². The summed E-state index contributed by atoms with van der Waals surface area (Å²) < 4.78 is 18.6. The van der Waals surface area contributed by atoms with Gasteiger partial charge in [-0.05, 0) is 32.1 Å². The van der Waals surface area contributed by atoms with Crippen molar-refractivity contribution in [2.24, 2.45) is 0 Å². The zero-order valence-corrected chi connectivity index (χ0v) is 17.7. The Labute approximate surface area is 173 Å². The van der Waals surface area contributed by atoms with Crippen LogP contribution in [0.5, 0.6) is 11.5 Å². The first-order chi connectivity index (χ1) is 14.1. The number of nitrogens with one attached hydrogen (secondary N) is 1. The summed E-state index contributed by atoms with van der Waals surface area (Å²) in [7, 11) is 1.58. The third kappa shape index (κ3) is 3.95. The molecular formula is C21H25N3O4S. The molecule has 154 valence electrons. The highest BCUT2D eigenvalue weighted by Gasteiger charge is 2.21. The smallest absolute Gasteiger partial charge is 0.269 e. The fourth-order valence-electron chi connectivity index (χ4n) is 3.62. The fourth-order valence-corrected chi connectivity index (χ4v) is 4.53. The minimum Gasteiger partial charge on any atom is -0.495 e. The lowest BCUT2D eigenvalue weighted by Gasteiger charge is -2.19. The number of methoxy groups -OCH3 is 1. The lowest BCUT2D eigenvalue weighted by molar-refractivity contribution is 0.0846. The van der Waals surface area contributed by atoms with Crippen molar-refractivity contribution >= 4 is 28.6 Å². The van der Waals surface area contributed by atoms with Gasteiger partial charge in [0.2, 0.25) is 0 Å². The van der Waals surface area contributed by atoms with E-state index >= 15 is 0 Å². The third-order valence-electron chi connectivity index (χ3n) is 5.09. The van der Waals surface area contributed by atoms with Crippen molar-refractivity contribution in [3.05, 3.63) is 40.0 Å². The average molecular weight is 416 g/mol. The van der Waals surface area contributed by atoms with Gasteiger partial charge < -0.3 is 23.9 Å². The van der Waals surface area contributed by atoms with E-state index < -0.39 is 0 Å². The van der Waals surface area contributed by atoms with Crippen molar-refractivity contribution in [3.8, 4) is 11.5 Å². The Morgan fingerprint density at radius 2 is 2.17 bits per heavy atom. The van der Waals surface area contributed by atoms with Gasteiger partial charge in [-0.3, -0.25) is 4.79 Å². The van der Waals surface area contributed by atoms with E-state index in [1.54, 1.807) is 7.11 Å². The van der Waals surface area contributed by atoms with Crippen LogP contribution < -0.4 is 14.8 Å². The molecule has 4 rings (SSSR count). The number of imidazole rings is 1. The molecule has 3 aromatic heterocycles. The van der Waals surface area contributed by atoms with Gasteiger partial charge in [-0.25, -0.2) is 4.98 Å². The number of pyridine rings is 1. The first-order valence-electron chi connectivity index (χ1n) is 9.77. The first-order valence-corrected chi connectivity index (χ1v) is 10.6. The van der Waals surface area contributed by atoms with E-state index in [0.29, 0.717) is 34.6 Å². The van der Waals surface area contributed by atoms with E-state index in [4.69, 9.17) is 19.2 Å². The number of anilines is 1. The maximum absolute atomic E-state index is 12.9. The van der Waals surface area contributed by atoms with Crippen LogP contribution in [0, 0.1) is 6.92 Å². The molecular weight excluding hydrogens is 390 g/mol. The van der Waals surface area contributed by atoms with Crippen LogP contribution in [0.1, 0.15) is 46.6 Å². The highest BCUT2D eigenvalue weighted by molar-refractivity contribution is 7.12. The molecule has 1 aliphatic heterocycles. The molecule has 0 atom stereocenters. The maximum atomic E-state index is 12.9. The predicted molar refractivity (Wildman–Crippen MR) is 113 cm³/mol. The van der Waals surface area contributed by atoms with Gasteiger partial charge in [0.25, 0.3) is 5.91 Å². The zero-order chi connectivity index (χ0) is 20.4. The number of hydrogen-bond donors (Lipinski definition) is 1. The molecule has 3 aromatic rings. The second-order valence-electron chi connectivity index (χ2n) is 7.04. The fraction of sp³-hybridized carbons (Fsp3) is 0.429. The highest BCUT2D eigenvalue weighted by Crippen LogP contribution is 2.33. The summed E-state index contributed by atoms with van der Waals surface area (Å²) in [6.45, 7) is 5.87. The van der Waals surface area contributed by atoms with Gasteiger partial charge in [0.05, 0.1) is 19.4 Å². The molecule has 1 amide bonds. The van der Waals surface area contributed by atoms with Crippen LogP contribution in [-0.4, -0.2) is 42.2 Å². The number of aromatic nitrogens is 2. The Morgan fingerprint density at radius 1 is 1.38 bits per heavy atom. The SMILES string of the molecule is CCOc1cc2nc(C3CCOCC3)cn2cc1NC(=O)c1scc(C)c1OC. The number of fused-ring (bicyclic) bond motifs is 1. The van der Waals surface area contributed by atoms with Crippen LogP contribution in [0.4, 0.5) is 5.69 Å². The van der Waals surface area contributed by atoms with E-state index in [0.717, 1.165) is 43.0 Å². The molecule has 8 heteroatoms. The van der Waals surface area contributed by atoms with Crippen molar-refractivity contribution in [3.63, 3.8) is 0 Å². The molecule has 1 saturated heterocycles. The Hall–Kier alpha value is -2.58. The second kappa shape index (κ2) is 8.42. The second-order valence-corrected chi connectivity index (χ2v) is 7.92. The molecule has 7 nitrogen and oxygen atoms in total. The molecule has 1 aliphatic rings. The highest BCUT2D eigenvalue weighted by atomic mass is 32.1. The topological polar surface area (TPSA) is 74.1 Å². The van der Waals surface area contributed by atoms with Crippen molar-refractivity contribution in [1.82, 2.24) is 9.38 Å². The van der Waals surface area contributed by atoms with Gasteiger partial charge in [-0.1, -0.05) is 0 Å². The number of hydrogen-bond acceptors (Lipinski definition) is 6. The lowest BCUT2D eigenvalue weighted by Crippen LogP contribution is -2.14. The van der Waals surface area contributed by atoms with Crippen molar-refractivity contribution in [2.75, 3.05) is 32.2 Å². The first kappa shape index (κ1) is 19.7. The number of thiophene rings is 1. The van der Waals surface area contributed by atoms with Crippen LogP contribution >= 0.6 is 11.3 Å². The van der Waals surface area contributed by atoms with Crippen LogP contribution in [0.2, 0.25) is 0 Å². The van der Waals surface area contributed by atoms with E-state index in [1.165, 1.54) is 11.3 Å². The number of carbonyl (C=O) groups is 1. The number of ether oxygens (including phenoxy) is 3. The minimum absolute atomic E-state index is 0.218. The number of aryl methyl sites for hydroxylation is 1. The minimum atomic E-state index is -0.218. The average Bonchev–Trinajstić information content (AvgIpc) is 3.31. The van der Waals surface area contributed by atoms with E-state index in [9.17, 15) is 4.79 Å². The monoisotopic (exact) mass is 415 g/mol.